The third-order valence-corrected chi connectivity index (χ3v) is 3.60. The quantitative estimate of drug-likeness (QED) is 0.913. The van der Waals surface area contributed by atoms with Crippen LogP contribution in [0.5, 0.6) is 0 Å². The van der Waals surface area contributed by atoms with Crippen LogP contribution in [0.15, 0.2) is 34.9 Å². The molecule has 0 bridgehead atoms. The normalized spacial score (nSPS) is 12.4. The van der Waals surface area contributed by atoms with Crippen molar-refractivity contribution >= 4 is 21.6 Å². The second-order valence-electron chi connectivity index (χ2n) is 4.25. The standard InChI is InChI=1S/C13H17BrN4/c1-9-12(8-16-18(9)2)13(7-15)17-11-5-3-10(14)4-6-11/h3-6,8,13,17H,7,15H2,1-2H3. The Morgan fingerprint density at radius 3 is 2.56 bits per heavy atom. The van der Waals surface area contributed by atoms with Gasteiger partial charge in [-0.25, -0.2) is 0 Å². The molecule has 3 N–H and O–H groups in total. The SMILES string of the molecule is Cc1c(C(CN)Nc2ccc(Br)cc2)cnn1C. The highest BCUT2D eigenvalue weighted by Gasteiger charge is 2.14. The van der Waals surface area contributed by atoms with Crippen LogP contribution < -0.4 is 11.1 Å². The van der Waals surface area contributed by atoms with Crippen molar-refractivity contribution in [3.05, 3.63) is 46.2 Å². The zero-order valence-electron chi connectivity index (χ0n) is 10.5. The Bertz CT molecular complexity index is 518. The lowest BCUT2D eigenvalue weighted by Crippen LogP contribution is -2.21. The number of anilines is 1. The van der Waals surface area contributed by atoms with Crippen molar-refractivity contribution in [2.75, 3.05) is 11.9 Å². The van der Waals surface area contributed by atoms with Gasteiger partial charge in [0, 0.05) is 35.0 Å². The molecule has 1 aromatic carbocycles. The molecule has 1 unspecified atom stereocenters. The predicted molar refractivity (Wildman–Crippen MR) is 77.5 cm³/mol. The summed E-state index contributed by atoms with van der Waals surface area (Å²) in [5, 5.41) is 7.68. The number of nitrogens with one attached hydrogen (secondary N) is 1. The van der Waals surface area contributed by atoms with E-state index >= 15 is 0 Å². The molecule has 0 fully saturated rings. The smallest absolute Gasteiger partial charge is 0.0669 e. The van der Waals surface area contributed by atoms with Crippen LogP contribution in [0.3, 0.4) is 0 Å². The average molecular weight is 309 g/mol. The van der Waals surface area contributed by atoms with Crippen LogP contribution in [0.4, 0.5) is 5.69 Å². The molecule has 0 aliphatic rings. The van der Waals surface area contributed by atoms with Crippen molar-refractivity contribution in [3.63, 3.8) is 0 Å². The van der Waals surface area contributed by atoms with E-state index in [0.717, 1.165) is 21.4 Å². The fourth-order valence-corrected chi connectivity index (χ4v) is 2.13. The van der Waals surface area contributed by atoms with E-state index in [4.69, 9.17) is 5.73 Å². The Hall–Kier alpha value is -1.33. The second kappa shape index (κ2) is 5.54. The number of halogens is 1. The number of rotatable bonds is 4. The minimum atomic E-state index is 0.0832. The van der Waals surface area contributed by atoms with E-state index in [-0.39, 0.29) is 6.04 Å². The van der Waals surface area contributed by atoms with E-state index in [2.05, 4.69) is 26.3 Å². The van der Waals surface area contributed by atoms with Crippen molar-refractivity contribution in [3.8, 4) is 0 Å². The molecule has 1 atom stereocenters. The van der Waals surface area contributed by atoms with Crippen LogP contribution in [-0.4, -0.2) is 16.3 Å². The maximum absolute atomic E-state index is 5.85. The van der Waals surface area contributed by atoms with E-state index in [1.54, 1.807) is 0 Å². The highest BCUT2D eigenvalue weighted by atomic mass is 79.9. The number of aromatic nitrogens is 2. The van der Waals surface area contributed by atoms with Gasteiger partial charge in [-0.1, -0.05) is 15.9 Å². The molecule has 5 heteroatoms. The molecule has 18 heavy (non-hydrogen) atoms. The minimum Gasteiger partial charge on any atom is -0.377 e. The molecular formula is C13H17BrN4. The van der Waals surface area contributed by atoms with Crippen molar-refractivity contribution in [1.29, 1.82) is 0 Å². The van der Waals surface area contributed by atoms with Gasteiger partial charge in [0.15, 0.2) is 0 Å². The van der Waals surface area contributed by atoms with Crippen LogP contribution >= 0.6 is 15.9 Å². The number of hydrogen-bond donors (Lipinski definition) is 2. The van der Waals surface area contributed by atoms with E-state index in [0.29, 0.717) is 6.54 Å². The largest absolute Gasteiger partial charge is 0.377 e. The highest BCUT2D eigenvalue weighted by Crippen LogP contribution is 2.22. The molecule has 96 valence electrons. The number of nitrogens with two attached hydrogens (primary N) is 1. The third kappa shape index (κ3) is 2.73. The summed E-state index contributed by atoms with van der Waals surface area (Å²) in [7, 11) is 1.94. The Labute approximate surface area is 115 Å². The minimum absolute atomic E-state index is 0.0832. The first-order chi connectivity index (χ1) is 8.61. The number of aryl methyl sites for hydroxylation is 1. The summed E-state index contributed by atoms with van der Waals surface area (Å²) in [4.78, 5) is 0. The lowest BCUT2D eigenvalue weighted by molar-refractivity contribution is 0.728. The van der Waals surface area contributed by atoms with Gasteiger partial charge in [0.1, 0.15) is 0 Å². The molecule has 0 spiro atoms. The van der Waals surface area contributed by atoms with Crippen LogP contribution in [0.1, 0.15) is 17.3 Å². The van der Waals surface area contributed by atoms with Gasteiger partial charge in [-0.3, -0.25) is 4.68 Å². The molecule has 0 saturated carbocycles. The summed E-state index contributed by atoms with van der Waals surface area (Å²) in [5.41, 5.74) is 9.18. The van der Waals surface area contributed by atoms with Crippen molar-refractivity contribution < 1.29 is 0 Å². The Morgan fingerprint density at radius 2 is 2.06 bits per heavy atom. The number of hydrogen-bond acceptors (Lipinski definition) is 3. The van der Waals surface area contributed by atoms with Crippen LogP contribution in [0.2, 0.25) is 0 Å². The van der Waals surface area contributed by atoms with E-state index in [1.807, 2.05) is 49.1 Å². The first-order valence-corrected chi connectivity index (χ1v) is 6.61. The topological polar surface area (TPSA) is 55.9 Å². The maximum atomic E-state index is 5.85. The summed E-state index contributed by atoms with van der Waals surface area (Å²) in [6.07, 6.45) is 1.87. The Morgan fingerprint density at radius 1 is 1.39 bits per heavy atom. The first-order valence-electron chi connectivity index (χ1n) is 5.82. The molecule has 0 aliphatic heterocycles. The van der Waals surface area contributed by atoms with Gasteiger partial charge >= 0.3 is 0 Å². The van der Waals surface area contributed by atoms with Gasteiger partial charge < -0.3 is 11.1 Å². The van der Waals surface area contributed by atoms with E-state index in [9.17, 15) is 0 Å². The summed E-state index contributed by atoms with van der Waals surface area (Å²) in [5.74, 6) is 0. The molecule has 0 radical (unpaired) electrons. The summed E-state index contributed by atoms with van der Waals surface area (Å²) in [6, 6.07) is 8.15. The van der Waals surface area contributed by atoms with Crippen molar-refractivity contribution in [2.24, 2.45) is 12.8 Å². The highest BCUT2D eigenvalue weighted by molar-refractivity contribution is 9.10. The summed E-state index contributed by atoms with van der Waals surface area (Å²) in [6.45, 7) is 2.58. The first kappa shape index (κ1) is 13.1. The zero-order valence-corrected chi connectivity index (χ0v) is 12.1. The Kier molecular flexibility index (Phi) is 4.04. The van der Waals surface area contributed by atoms with Crippen LogP contribution in [0.25, 0.3) is 0 Å². The van der Waals surface area contributed by atoms with Crippen molar-refractivity contribution in [1.82, 2.24) is 9.78 Å². The van der Waals surface area contributed by atoms with Crippen LogP contribution in [0, 0.1) is 6.92 Å². The monoisotopic (exact) mass is 308 g/mol. The molecule has 0 aliphatic carbocycles. The summed E-state index contributed by atoms with van der Waals surface area (Å²) < 4.78 is 2.93. The zero-order chi connectivity index (χ0) is 13.1. The third-order valence-electron chi connectivity index (χ3n) is 3.07. The van der Waals surface area contributed by atoms with Gasteiger partial charge in [0.2, 0.25) is 0 Å². The lowest BCUT2D eigenvalue weighted by atomic mass is 10.1. The average Bonchev–Trinajstić information content (AvgIpc) is 2.70. The second-order valence-corrected chi connectivity index (χ2v) is 5.16. The molecule has 4 nitrogen and oxygen atoms in total. The molecule has 1 heterocycles. The predicted octanol–water partition coefficient (Wildman–Crippen LogP) is 2.60. The molecule has 1 aromatic heterocycles. The summed E-state index contributed by atoms with van der Waals surface area (Å²) >= 11 is 3.42. The van der Waals surface area contributed by atoms with Gasteiger partial charge in [-0.05, 0) is 31.2 Å². The number of benzene rings is 1. The molecule has 0 amide bonds. The lowest BCUT2D eigenvalue weighted by Gasteiger charge is -2.18. The fraction of sp³-hybridized carbons (Fsp3) is 0.308. The Balaban J connectivity index is 2.19. The molecule has 2 aromatic rings. The number of nitrogens with zero attached hydrogens (tertiary/aromatic N) is 2. The fourth-order valence-electron chi connectivity index (χ4n) is 1.87. The maximum Gasteiger partial charge on any atom is 0.0669 e. The van der Waals surface area contributed by atoms with Gasteiger partial charge in [0.25, 0.3) is 0 Å². The van der Waals surface area contributed by atoms with E-state index < -0.39 is 0 Å². The molecule has 2 rings (SSSR count). The van der Waals surface area contributed by atoms with Gasteiger partial charge in [-0.2, -0.15) is 5.10 Å². The van der Waals surface area contributed by atoms with Crippen LogP contribution in [-0.2, 0) is 7.05 Å². The van der Waals surface area contributed by atoms with Gasteiger partial charge in [-0.15, -0.1) is 0 Å². The van der Waals surface area contributed by atoms with E-state index in [1.165, 1.54) is 0 Å². The molecule has 0 saturated heterocycles. The van der Waals surface area contributed by atoms with Gasteiger partial charge in [0.05, 0.1) is 12.2 Å². The van der Waals surface area contributed by atoms with Crippen molar-refractivity contribution in [2.45, 2.75) is 13.0 Å². The molecular weight excluding hydrogens is 292 g/mol.